The monoisotopic (exact) mass is 524 g/mol. The van der Waals surface area contributed by atoms with Crippen LogP contribution in [0.2, 0.25) is 5.02 Å². The molecule has 0 unspecified atom stereocenters. The number of para-hydroxylation sites is 1. The first-order valence-corrected chi connectivity index (χ1v) is 12.5. The van der Waals surface area contributed by atoms with Gasteiger partial charge >= 0.3 is 5.88 Å². The molecule has 5 rings (SSSR count). The normalized spacial score (nSPS) is 17.7. The van der Waals surface area contributed by atoms with Crippen LogP contribution in [0.4, 0.5) is 11.6 Å². The highest BCUT2D eigenvalue weighted by atomic mass is 35.5. The second kappa shape index (κ2) is 10.9. The lowest BCUT2D eigenvalue weighted by molar-refractivity contribution is -0.759. The van der Waals surface area contributed by atoms with Gasteiger partial charge in [0.1, 0.15) is 5.70 Å². The Morgan fingerprint density at radius 2 is 1.92 bits per heavy atom. The van der Waals surface area contributed by atoms with Gasteiger partial charge in [0.2, 0.25) is 5.27 Å². The molecule has 1 aromatic heterocycles. The maximum absolute atomic E-state index is 13.2. The number of nitrogens with zero attached hydrogens (tertiary/aromatic N) is 6. The van der Waals surface area contributed by atoms with Crippen molar-refractivity contribution in [3.05, 3.63) is 77.1 Å². The molecule has 0 aliphatic carbocycles. The number of hydrogen-bond donors (Lipinski definition) is 0. The predicted octanol–water partition coefficient (Wildman–Crippen LogP) is 2.15. The van der Waals surface area contributed by atoms with Crippen molar-refractivity contribution >= 4 is 58.0 Å². The molecular weight excluding hydrogens is 504 g/mol. The fourth-order valence-corrected chi connectivity index (χ4v) is 4.49. The lowest BCUT2D eigenvalue weighted by Crippen LogP contribution is -2.62. The molecule has 184 valence electrons. The fourth-order valence-electron chi connectivity index (χ4n) is 3.57. The van der Waals surface area contributed by atoms with E-state index in [9.17, 15) is 9.90 Å². The van der Waals surface area contributed by atoms with Crippen LogP contribution >= 0.6 is 23.4 Å². The highest BCUT2D eigenvalue weighted by Gasteiger charge is 2.32. The van der Waals surface area contributed by atoms with Gasteiger partial charge in [-0.25, -0.2) is 9.98 Å². The number of rotatable bonds is 6. The number of morpholine rings is 1. The van der Waals surface area contributed by atoms with Crippen molar-refractivity contribution in [3.63, 3.8) is 0 Å². The molecule has 10 nitrogen and oxygen atoms in total. The summed E-state index contributed by atoms with van der Waals surface area (Å²) in [5.41, 5.74) is 1.70. The molecule has 3 aromatic rings. The van der Waals surface area contributed by atoms with Crippen LogP contribution in [0.1, 0.15) is 5.56 Å². The van der Waals surface area contributed by atoms with E-state index in [4.69, 9.17) is 20.9 Å². The van der Waals surface area contributed by atoms with Crippen LogP contribution in [0, 0.1) is 0 Å². The minimum atomic E-state index is -0.441. The summed E-state index contributed by atoms with van der Waals surface area (Å²) in [5, 5.41) is 19.4. The third-order valence-electron chi connectivity index (χ3n) is 5.30. The van der Waals surface area contributed by atoms with Gasteiger partial charge in [0, 0.05) is 10.8 Å². The number of halogens is 1. The van der Waals surface area contributed by atoms with Gasteiger partial charge in [0.15, 0.2) is 5.17 Å². The van der Waals surface area contributed by atoms with Gasteiger partial charge in [-0.05, 0) is 41.8 Å². The topological polar surface area (TPSA) is 110 Å². The minimum absolute atomic E-state index is 0.0398. The van der Waals surface area contributed by atoms with Crippen LogP contribution in [0.3, 0.4) is 0 Å². The molecule has 2 aromatic carbocycles. The van der Waals surface area contributed by atoms with Crippen molar-refractivity contribution in [2.75, 3.05) is 42.0 Å². The molecule has 1 fully saturated rings. The van der Waals surface area contributed by atoms with E-state index < -0.39 is 5.90 Å². The number of ether oxygens (including phenoxy) is 1. The molecule has 1 amide bonds. The van der Waals surface area contributed by atoms with E-state index in [1.165, 1.54) is 9.69 Å². The van der Waals surface area contributed by atoms with Crippen LogP contribution in [0.25, 0.3) is 6.08 Å². The van der Waals surface area contributed by atoms with Crippen molar-refractivity contribution in [1.29, 1.82) is 0 Å². The Kier molecular flexibility index (Phi) is 7.31. The number of hydrogen-bond acceptors (Lipinski definition) is 9. The second-order valence-corrected chi connectivity index (χ2v) is 9.15. The first-order valence-electron chi connectivity index (χ1n) is 11.1. The van der Waals surface area contributed by atoms with Crippen molar-refractivity contribution in [2.24, 2.45) is 9.98 Å². The summed E-state index contributed by atoms with van der Waals surface area (Å²) in [6.45, 7) is 2.51. The van der Waals surface area contributed by atoms with Crippen molar-refractivity contribution in [2.45, 2.75) is 0 Å². The molecule has 0 spiro atoms. The summed E-state index contributed by atoms with van der Waals surface area (Å²) in [7, 11) is 0. The van der Waals surface area contributed by atoms with E-state index in [0.29, 0.717) is 42.2 Å². The number of amides is 1. The van der Waals surface area contributed by atoms with Crippen LogP contribution in [0.5, 0.6) is 0 Å². The number of amidine groups is 1. The molecular formula is C24H21ClN6O4S. The van der Waals surface area contributed by atoms with E-state index in [-0.39, 0.29) is 23.2 Å². The van der Waals surface area contributed by atoms with Gasteiger partial charge in [-0.15, -0.1) is 5.01 Å². The molecule has 0 bridgehead atoms. The number of carbonyl (C=O) groups is 1. The van der Waals surface area contributed by atoms with Crippen molar-refractivity contribution in [3.8, 4) is 0 Å². The number of aliphatic imine (C=N–C) groups is 2. The van der Waals surface area contributed by atoms with Gasteiger partial charge in [-0.1, -0.05) is 53.7 Å². The maximum Gasteiger partial charge on any atom is 0.324 e. The SMILES string of the molecule is O=C1/C(=C\c2ccc(Cl)cc2)N=C(SC/C([O-])=N\c2c[n+](N3CCOCC3)no2)N1c1ccccc1. The van der Waals surface area contributed by atoms with Gasteiger partial charge in [-0.3, -0.25) is 14.2 Å². The molecule has 0 saturated carbocycles. The van der Waals surface area contributed by atoms with Crippen LogP contribution < -0.4 is 19.8 Å². The Morgan fingerprint density at radius 1 is 1.17 bits per heavy atom. The fraction of sp³-hybridized carbons (Fsp3) is 0.208. The zero-order valence-electron chi connectivity index (χ0n) is 19.0. The largest absolute Gasteiger partial charge is 0.861 e. The second-order valence-electron chi connectivity index (χ2n) is 7.77. The molecule has 2 aliphatic heterocycles. The van der Waals surface area contributed by atoms with E-state index in [1.807, 2.05) is 35.3 Å². The van der Waals surface area contributed by atoms with E-state index >= 15 is 0 Å². The summed E-state index contributed by atoms with van der Waals surface area (Å²) in [6.07, 6.45) is 3.24. The number of benzene rings is 2. The zero-order valence-corrected chi connectivity index (χ0v) is 20.6. The van der Waals surface area contributed by atoms with E-state index in [0.717, 1.165) is 17.3 Å². The lowest BCUT2D eigenvalue weighted by atomic mass is 10.2. The molecule has 36 heavy (non-hydrogen) atoms. The average molecular weight is 525 g/mol. The van der Waals surface area contributed by atoms with Crippen LogP contribution in [-0.2, 0) is 9.53 Å². The Morgan fingerprint density at radius 3 is 2.67 bits per heavy atom. The van der Waals surface area contributed by atoms with E-state index in [2.05, 4.69) is 15.3 Å². The smallest absolute Gasteiger partial charge is 0.324 e. The predicted molar refractivity (Wildman–Crippen MR) is 136 cm³/mol. The summed E-state index contributed by atoms with van der Waals surface area (Å²) < 4.78 is 10.5. The van der Waals surface area contributed by atoms with Gasteiger partial charge in [0.05, 0.1) is 36.8 Å². The Hall–Kier alpha value is -3.67. The molecule has 0 radical (unpaired) electrons. The Balaban J connectivity index is 1.33. The standard InChI is InChI=1S/C24H21ClN6O4S/c25-18-8-6-17(7-9-18)14-20-23(33)31(19-4-2-1-3-5-19)24(26-20)36-16-21(32)27-22-15-30(28-35-22)29-10-12-34-13-11-29/h1-9,14-15H,10-13,16H2/b20-14+. The van der Waals surface area contributed by atoms with Gasteiger partial charge < -0.3 is 9.84 Å². The first kappa shape index (κ1) is 24.0. The first-order chi connectivity index (χ1) is 17.6. The molecule has 12 heteroatoms. The lowest BCUT2D eigenvalue weighted by Gasteiger charge is -2.18. The highest BCUT2D eigenvalue weighted by molar-refractivity contribution is 8.14. The molecule has 2 aliphatic rings. The van der Waals surface area contributed by atoms with Gasteiger partial charge in [-0.2, -0.15) is 0 Å². The number of aromatic nitrogens is 2. The van der Waals surface area contributed by atoms with E-state index in [1.54, 1.807) is 36.5 Å². The zero-order chi connectivity index (χ0) is 24.9. The number of anilines is 1. The summed E-state index contributed by atoms with van der Waals surface area (Å²) in [6, 6.07) is 16.2. The molecule has 3 heterocycles. The maximum atomic E-state index is 13.2. The third kappa shape index (κ3) is 5.59. The third-order valence-corrected chi connectivity index (χ3v) is 6.47. The highest BCUT2D eigenvalue weighted by Crippen LogP contribution is 2.29. The van der Waals surface area contributed by atoms with Crippen LogP contribution in [0.15, 0.2) is 81.0 Å². The quantitative estimate of drug-likeness (QED) is 0.210. The van der Waals surface area contributed by atoms with Crippen LogP contribution in [-0.4, -0.2) is 54.3 Å². The summed E-state index contributed by atoms with van der Waals surface area (Å²) in [5.74, 6) is -0.671. The van der Waals surface area contributed by atoms with Crippen molar-refractivity contribution < 1.29 is 24.0 Å². The number of carbonyl (C=O) groups excluding carboxylic acids is 1. The summed E-state index contributed by atoms with van der Waals surface area (Å²) in [4.78, 5) is 24.8. The minimum Gasteiger partial charge on any atom is -0.861 e. The molecule has 1 saturated heterocycles. The summed E-state index contributed by atoms with van der Waals surface area (Å²) >= 11 is 7.09. The Bertz CT molecular complexity index is 1320. The molecule has 0 atom stereocenters. The molecule has 0 N–H and O–H groups in total. The van der Waals surface area contributed by atoms with Crippen molar-refractivity contribution in [1.82, 2.24) is 5.27 Å². The Labute approximate surface area is 216 Å². The average Bonchev–Trinajstić information content (AvgIpc) is 3.49. The van der Waals surface area contributed by atoms with Gasteiger partial charge in [0.25, 0.3) is 12.1 Å². The number of thioether (sulfide) groups is 1.